The van der Waals surface area contributed by atoms with Crippen molar-refractivity contribution in [1.29, 1.82) is 0 Å². The number of fused-ring (bicyclic) bond motifs is 2. The Balaban J connectivity index is 1.62. The maximum absolute atomic E-state index is 12.8. The summed E-state index contributed by atoms with van der Waals surface area (Å²) in [5.41, 5.74) is 2.26. The first-order valence-corrected chi connectivity index (χ1v) is 9.00. The minimum Gasteiger partial charge on any atom is -0.393 e. The predicted molar refractivity (Wildman–Crippen MR) is 78.0 cm³/mol. The van der Waals surface area contributed by atoms with Crippen LogP contribution in [-0.4, -0.2) is 37.0 Å². The molecule has 0 radical (unpaired) electrons. The van der Waals surface area contributed by atoms with Crippen molar-refractivity contribution in [2.75, 3.05) is 13.1 Å². The second kappa shape index (κ2) is 4.78. The van der Waals surface area contributed by atoms with Gasteiger partial charge in [0, 0.05) is 32.1 Å². The van der Waals surface area contributed by atoms with E-state index in [1.54, 1.807) is 16.4 Å². The Morgan fingerprint density at radius 2 is 1.95 bits per heavy atom. The molecule has 1 saturated heterocycles. The molecular formula is C15H20N2O3S. The highest BCUT2D eigenvalue weighted by Crippen LogP contribution is 2.40. The highest BCUT2D eigenvalue weighted by atomic mass is 32.2. The molecule has 114 valence electrons. The third-order valence-corrected chi connectivity index (χ3v) is 7.06. The van der Waals surface area contributed by atoms with Crippen LogP contribution in [0.5, 0.6) is 0 Å². The molecule has 2 heterocycles. The van der Waals surface area contributed by atoms with Crippen LogP contribution < -0.4 is 5.32 Å². The molecule has 3 atom stereocenters. The second-order valence-corrected chi connectivity index (χ2v) is 8.36. The fraction of sp³-hybridized carbons (Fsp3) is 0.600. The average molecular weight is 308 g/mol. The Bertz CT molecular complexity index is 673. The van der Waals surface area contributed by atoms with E-state index in [0.29, 0.717) is 23.9 Å². The summed E-state index contributed by atoms with van der Waals surface area (Å²) in [4.78, 5) is 0.388. The van der Waals surface area contributed by atoms with Crippen molar-refractivity contribution < 1.29 is 13.5 Å². The molecule has 1 aliphatic carbocycles. The summed E-state index contributed by atoms with van der Waals surface area (Å²) >= 11 is 0. The third kappa shape index (κ3) is 2.12. The standard InChI is InChI=1S/C15H20N2O3S/c18-15-4-2-11-8-17(9-14(11)15)21(19,20)13-3-1-10-6-16-7-12(10)5-13/h1,3,5,11,14-16,18H,2,4,6-9H2. The smallest absolute Gasteiger partial charge is 0.243 e. The monoisotopic (exact) mass is 308 g/mol. The van der Waals surface area contributed by atoms with Crippen molar-refractivity contribution >= 4 is 10.0 Å². The number of nitrogens with zero attached hydrogens (tertiary/aromatic N) is 1. The number of hydrogen-bond acceptors (Lipinski definition) is 4. The normalized spacial score (nSPS) is 32.3. The summed E-state index contributed by atoms with van der Waals surface area (Å²) in [6.07, 6.45) is 1.42. The van der Waals surface area contributed by atoms with Gasteiger partial charge in [-0.05, 0) is 42.0 Å². The number of aliphatic hydroxyl groups excluding tert-OH is 1. The van der Waals surface area contributed by atoms with Gasteiger partial charge in [-0.2, -0.15) is 4.31 Å². The Morgan fingerprint density at radius 3 is 2.76 bits per heavy atom. The Hall–Kier alpha value is -0.950. The van der Waals surface area contributed by atoms with Crippen LogP contribution in [-0.2, 0) is 23.1 Å². The molecule has 1 aromatic rings. The van der Waals surface area contributed by atoms with E-state index in [4.69, 9.17) is 0 Å². The lowest BCUT2D eigenvalue weighted by Crippen LogP contribution is -2.31. The molecule has 3 unspecified atom stereocenters. The zero-order chi connectivity index (χ0) is 14.6. The summed E-state index contributed by atoms with van der Waals surface area (Å²) in [6, 6.07) is 5.43. The molecule has 2 N–H and O–H groups in total. The van der Waals surface area contributed by atoms with Crippen molar-refractivity contribution in [2.45, 2.75) is 36.9 Å². The Labute approximate surface area is 125 Å². The van der Waals surface area contributed by atoms with E-state index in [0.717, 1.165) is 31.5 Å². The molecular weight excluding hydrogens is 288 g/mol. The van der Waals surface area contributed by atoms with Gasteiger partial charge in [-0.25, -0.2) is 8.42 Å². The van der Waals surface area contributed by atoms with E-state index >= 15 is 0 Å². The van der Waals surface area contributed by atoms with Gasteiger partial charge in [0.15, 0.2) is 0 Å². The van der Waals surface area contributed by atoms with Gasteiger partial charge in [-0.1, -0.05) is 6.07 Å². The summed E-state index contributed by atoms with van der Waals surface area (Å²) < 4.78 is 27.2. The number of benzene rings is 1. The van der Waals surface area contributed by atoms with Gasteiger partial charge in [0.1, 0.15) is 0 Å². The SMILES string of the molecule is O=S(=O)(c1ccc2c(c1)CNC2)N1CC2CCC(O)C2C1. The van der Waals surface area contributed by atoms with Crippen LogP contribution in [0.2, 0.25) is 0 Å². The molecule has 0 bridgehead atoms. The van der Waals surface area contributed by atoms with Crippen LogP contribution in [0.1, 0.15) is 24.0 Å². The van der Waals surface area contributed by atoms with Crippen molar-refractivity contribution in [1.82, 2.24) is 9.62 Å². The minimum absolute atomic E-state index is 0.121. The van der Waals surface area contributed by atoms with Gasteiger partial charge >= 0.3 is 0 Å². The first-order chi connectivity index (χ1) is 10.1. The zero-order valence-corrected chi connectivity index (χ0v) is 12.6. The number of hydrogen-bond donors (Lipinski definition) is 2. The lowest BCUT2D eigenvalue weighted by molar-refractivity contribution is 0.129. The number of sulfonamides is 1. The van der Waals surface area contributed by atoms with E-state index in [2.05, 4.69) is 5.32 Å². The van der Waals surface area contributed by atoms with Gasteiger partial charge in [0.2, 0.25) is 10.0 Å². The summed E-state index contributed by atoms with van der Waals surface area (Å²) in [6.45, 7) is 2.57. The van der Waals surface area contributed by atoms with Gasteiger partial charge in [0.25, 0.3) is 0 Å². The lowest BCUT2D eigenvalue weighted by Gasteiger charge is -2.18. The quantitative estimate of drug-likeness (QED) is 0.843. The highest BCUT2D eigenvalue weighted by molar-refractivity contribution is 7.89. The topological polar surface area (TPSA) is 69.6 Å². The average Bonchev–Trinajstić information content (AvgIpc) is 3.15. The van der Waals surface area contributed by atoms with E-state index < -0.39 is 10.0 Å². The number of rotatable bonds is 2. The maximum Gasteiger partial charge on any atom is 0.243 e. The van der Waals surface area contributed by atoms with Crippen LogP contribution in [0.4, 0.5) is 0 Å². The highest BCUT2D eigenvalue weighted by Gasteiger charge is 2.45. The Kier molecular flexibility index (Phi) is 3.11. The number of nitrogens with one attached hydrogen (secondary N) is 1. The second-order valence-electron chi connectivity index (χ2n) is 6.42. The third-order valence-electron chi connectivity index (χ3n) is 5.23. The molecule has 3 aliphatic rings. The first-order valence-electron chi connectivity index (χ1n) is 7.56. The summed E-state index contributed by atoms with van der Waals surface area (Å²) in [5, 5.41) is 13.2. The van der Waals surface area contributed by atoms with Crippen LogP contribution in [0.3, 0.4) is 0 Å². The van der Waals surface area contributed by atoms with Gasteiger partial charge in [-0.3, -0.25) is 0 Å². The van der Waals surface area contributed by atoms with Crippen molar-refractivity contribution in [2.24, 2.45) is 11.8 Å². The zero-order valence-electron chi connectivity index (χ0n) is 11.8. The van der Waals surface area contributed by atoms with E-state index in [1.807, 2.05) is 6.07 Å². The fourth-order valence-corrected chi connectivity index (χ4v) is 5.56. The van der Waals surface area contributed by atoms with E-state index in [1.165, 1.54) is 5.56 Å². The molecule has 0 amide bonds. The Morgan fingerprint density at radius 1 is 1.14 bits per heavy atom. The molecule has 1 aromatic carbocycles. The van der Waals surface area contributed by atoms with Gasteiger partial charge < -0.3 is 10.4 Å². The first kappa shape index (κ1) is 13.7. The lowest BCUT2D eigenvalue weighted by atomic mass is 10.00. The fourth-order valence-electron chi connectivity index (χ4n) is 3.97. The van der Waals surface area contributed by atoms with Gasteiger partial charge in [0.05, 0.1) is 11.0 Å². The molecule has 2 aliphatic heterocycles. The van der Waals surface area contributed by atoms with E-state index in [-0.39, 0.29) is 12.0 Å². The molecule has 2 fully saturated rings. The van der Waals surface area contributed by atoms with Crippen molar-refractivity contribution in [3.8, 4) is 0 Å². The predicted octanol–water partition coefficient (Wildman–Crippen LogP) is 0.681. The van der Waals surface area contributed by atoms with Crippen LogP contribution in [0, 0.1) is 11.8 Å². The van der Waals surface area contributed by atoms with Crippen molar-refractivity contribution in [3.05, 3.63) is 29.3 Å². The van der Waals surface area contributed by atoms with E-state index in [9.17, 15) is 13.5 Å². The minimum atomic E-state index is -3.43. The van der Waals surface area contributed by atoms with Gasteiger partial charge in [-0.15, -0.1) is 0 Å². The molecule has 21 heavy (non-hydrogen) atoms. The van der Waals surface area contributed by atoms with Crippen molar-refractivity contribution in [3.63, 3.8) is 0 Å². The summed E-state index contributed by atoms with van der Waals surface area (Å²) in [5.74, 6) is 0.446. The van der Waals surface area contributed by atoms with Crippen LogP contribution >= 0.6 is 0 Å². The molecule has 6 heteroatoms. The summed E-state index contributed by atoms with van der Waals surface area (Å²) in [7, 11) is -3.43. The molecule has 1 saturated carbocycles. The maximum atomic E-state index is 12.8. The van der Waals surface area contributed by atoms with Crippen LogP contribution in [0.25, 0.3) is 0 Å². The largest absolute Gasteiger partial charge is 0.393 e. The molecule has 5 nitrogen and oxygen atoms in total. The molecule has 0 aromatic heterocycles. The molecule has 0 spiro atoms. The molecule has 4 rings (SSSR count). The number of aliphatic hydroxyl groups is 1. The van der Waals surface area contributed by atoms with Crippen LogP contribution in [0.15, 0.2) is 23.1 Å².